The first-order valence-electron chi connectivity index (χ1n) is 4.77. The maximum atomic E-state index is 10.6. The molecule has 14 heavy (non-hydrogen) atoms. The minimum atomic E-state index is 0.672. The van der Waals surface area contributed by atoms with Crippen LogP contribution >= 0.6 is 11.3 Å². The normalized spacial score (nSPS) is 15.1. The number of nitrogens with zero attached hydrogens (tertiary/aromatic N) is 1. The lowest BCUT2D eigenvalue weighted by Gasteiger charge is -2.20. The van der Waals surface area contributed by atoms with Crippen LogP contribution in [0.4, 0.5) is 5.00 Å². The van der Waals surface area contributed by atoms with Crippen molar-refractivity contribution in [2.45, 2.75) is 18.9 Å². The van der Waals surface area contributed by atoms with Crippen molar-refractivity contribution in [1.29, 1.82) is 0 Å². The van der Waals surface area contributed by atoms with Crippen LogP contribution in [0.5, 0.6) is 0 Å². The van der Waals surface area contributed by atoms with Crippen molar-refractivity contribution in [2.75, 3.05) is 11.4 Å². The van der Waals surface area contributed by atoms with Gasteiger partial charge < -0.3 is 4.90 Å². The van der Waals surface area contributed by atoms with Crippen LogP contribution in [0.1, 0.15) is 22.5 Å². The highest BCUT2D eigenvalue weighted by Crippen LogP contribution is 2.35. The number of rotatable bonds is 5. The van der Waals surface area contributed by atoms with Gasteiger partial charge in [-0.3, -0.25) is 4.79 Å². The van der Waals surface area contributed by atoms with Crippen LogP contribution in [0.15, 0.2) is 24.8 Å². The van der Waals surface area contributed by atoms with Gasteiger partial charge in [-0.1, -0.05) is 6.08 Å². The van der Waals surface area contributed by atoms with Crippen LogP contribution in [0, 0.1) is 0 Å². The van der Waals surface area contributed by atoms with Crippen molar-refractivity contribution in [2.24, 2.45) is 0 Å². The second-order valence-electron chi connectivity index (χ2n) is 3.47. The summed E-state index contributed by atoms with van der Waals surface area (Å²) >= 11 is 1.56. The topological polar surface area (TPSA) is 20.3 Å². The highest BCUT2D eigenvalue weighted by Gasteiger charge is 2.29. The predicted molar refractivity (Wildman–Crippen MR) is 60.3 cm³/mol. The van der Waals surface area contributed by atoms with Crippen molar-refractivity contribution in [1.82, 2.24) is 0 Å². The zero-order chi connectivity index (χ0) is 9.97. The highest BCUT2D eigenvalue weighted by molar-refractivity contribution is 7.17. The molecule has 0 amide bonds. The Morgan fingerprint density at radius 2 is 2.36 bits per heavy atom. The monoisotopic (exact) mass is 207 g/mol. The fraction of sp³-hybridized carbons (Fsp3) is 0.364. The summed E-state index contributed by atoms with van der Waals surface area (Å²) in [5.74, 6) is 0. The molecule has 2 nitrogen and oxygen atoms in total. The van der Waals surface area contributed by atoms with E-state index in [0.717, 1.165) is 17.7 Å². The van der Waals surface area contributed by atoms with E-state index in [1.54, 1.807) is 11.3 Å². The van der Waals surface area contributed by atoms with Gasteiger partial charge in [-0.25, -0.2) is 0 Å². The predicted octanol–water partition coefficient (Wildman–Crippen LogP) is 2.72. The molecule has 0 atom stereocenters. The second-order valence-corrected chi connectivity index (χ2v) is 4.56. The summed E-state index contributed by atoms with van der Waals surface area (Å²) in [5, 5.41) is 1.19. The van der Waals surface area contributed by atoms with Crippen molar-refractivity contribution >= 4 is 22.6 Å². The van der Waals surface area contributed by atoms with Crippen LogP contribution in [0.25, 0.3) is 0 Å². The Kier molecular flexibility index (Phi) is 2.68. The van der Waals surface area contributed by atoms with E-state index in [2.05, 4.69) is 11.5 Å². The molecule has 0 radical (unpaired) electrons. The van der Waals surface area contributed by atoms with Gasteiger partial charge in [0.05, 0.1) is 9.88 Å². The fourth-order valence-corrected chi connectivity index (χ4v) is 2.41. The van der Waals surface area contributed by atoms with Gasteiger partial charge in [-0.15, -0.1) is 17.9 Å². The quantitative estimate of drug-likeness (QED) is 0.546. The van der Waals surface area contributed by atoms with E-state index in [0.29, 0.717) is 6.04 Å². The number of carbonyl (C=O) groups is 1. The third-order valence-electron chi connectivity index (χ3n) is 2.33. The Balaban J connectivity index is 2.16. The first kappa shape index (κ1) is 9.46. The van der Waals surface area contributed by atoms with Gasteiger partial charge >= 0.3 is 0 Å². The summed E-state index contributed by atoms with van der Waals surface area (Å²) in [4.78, 5) is 13.7. The van der Waals surface area contributed by atoms with Crippen LogP contribution in [0.3, 0.4) is 0 Å². The molecule has 0 saturated heterocycles. The molecule has 1 aliphatic rings. The molecular weight excluding hydrogens is 194 g/mol. The van der Waals surface area contributed by atoms with E-state index in [9.17, 15) is 4.79 Å². The Morgan fingerprint density at radius 1 is 1.57 bits per heavy atom. The van der Waals surface area contributed by atoms with Gasteiger partial charge in [-0.05, 0) is 25.0 Å². The van der Waals surface area contributed by atoms with Crippen molar-refractivity contribution in [3.05, 3.63) is 29.7 Å². The molecule has 74 valence electrons. The van der Waals surface area contributed by atoms with Crippen LogP contribution in [-0.2, 0) is 0 Å². The third-order valence-corrected chi connectivity index (χ3v) is 3.37. The summed E-state index contributed by atoms with van der Waals surface area (Å²) in [6.07, 6.45) is 5.36. The van der Waals surface area contributed by atoms with Crippen molar-refractivity contribution in [3.8, 4) is 0 Å². The summed E-state index contributed by atoms with van der Waals surface area (Å²) < 4.78 is 0. The van der Waals surface area contributed by atoms with E-state index in [1.165, 1.54) is 17.8 Å². The van der Waals surface area contributed by atoms with Gasteiger partial charge in [-0.2, -0.15) is 0 Å². The van der Waals surface area contributed by atoms with Gasteiger partial charge in [0.2, 0.25) is 0 Å². The molecule has 2 rings (SSSR count). The molecule has 1 fully saturated rings. The second kappa shape index (κ2) is 3.96. The Hall–Kier alpha value is -1.09. The minimum absolute atomic E-state index is 0.672. The maximum Gasteiger partial charge on any atom is 0.160 e. The zero-order valence-corrected chi connectivity index (χ0v) is 8.80. The van der Waals surface area contributed by atoms with E-state index in [1.807, 2.05) is 18.2 Å². The number of hydrogen-bond acceptors (Lipinski definition) is 3. The lowest BCUT2D eigenvalue weighted by molar-refractivity contribution is 0.112. The molecule has 1 aliphatic carbocycles. The number of hydrogen-bond donors (Lipinski definition) is 0. The first-order chi connectivity index (χ1) is 6.85. The molecule has 3 heteroatoms. The van der Waals surface area contributed by atoms with Crippen LogP contribution in [0.2, 0.25) is 0 Å². The molecule has 0 bridgehead atoms. The first-order valence-corrected chi connectivity index (χ1v) is 5.59. The lowest BCUT2D eigenvalue weighted by Crippen LogP contribution is -2.24. The van der Waals surface area contributed by atoms with Crippen LogP contribution in [-0.4, -0.2) is 18.9 Å². The zero-order valence-electron chi connectivity index (χ0n) is 7.98. The molecule has 0 unspecified atom stereocenters. The summed E-state index contributed by atoms with van der Waals surface area (Å²) in [6, 6.07) is 4.58. The molecule has 0 spiro atoms. The van der Waals surface area contributed by atoms with E-state index >= 15 is 0 Å². The Morgan fingerprint density at radius 3 is 2.86 bits per heavy atom. The summed E-state index contributed by atoms with van der Waals surface area (Å²) in [7, 11) is 0. The molecule has 1 heterocycles. The molecule has 1 aromatic heterocycles. The number of thiophene rings is 1. The molecule has 1 aromatic rings. The van der Waals surface area contributed by atoms with Gasteiger partial charge in [0.1, 0.15) is 0 Å². The Labute approximate surface area is 87.9 Å². The largest absolute Gasteiger partial charge is 0.357 e. The molecular formula is C11H13NOS. The molecule has 0 N–H and O–H groups in total. The minimum Gasteiger partial charge on any atom is -0.357 e. The third kappa shape index (κ3) is 1.87. The summed E-state index contributed by atoms with van der Waals surface area (Å²) in [6.45, 7) is 4.63. The average Bonchev–Trinajstić information content (AvgIpc) is 2.92. The van der Waals surface area contributed by atoms with E-state index in [-0.39, 0.29) is 0 Å². The van der Waals surface area contributed by atoms with Crippen molar-refractivity contribution < 1.29 is 4.79 Å². The van der Waals surface area contributed by atoms with Gasteiger partial charge in [0, 0.05) is 12.6 Å². The molecule has 0 aliphatic heterocycles. The maximum absolute atomic E-state index is 10.6. The Bertz CT molecular complexity index is 341. The smallest absolute Gasteiger partial charge is 0.160 e. The highest BCUT2D eigenvalue weighted by atomic mass is 32.1. The molecule has 1 saturated carbocycles. The summed E-state index contributed by atoms with van der Waals surface area (Å²) in [5.41, 5.74) is 0. The standard InChI is InChI=1S/C11H13NOS/c1-2-7-12(9-3-4-9)11-6-5-10(8-13)14-11/h2,5-6,8-9H,1,3-4,7H2. The van der Waals surface area contributed by atoms with Crippen LogP contribution < -0.4 is 4.90 Å². The van der Waals surface area contributed by atoms with Gasteiger partial charge in [0.25, 0.3) is 0 Å². The average molecular weight is 207 g/mol. The van der Waals surface area contributed by atoms with E-state index < -0.39 is 0 Å². The number of aldehydes is 1. The lowest BCUT2D eigenvalue weighted by atomic mass is 10.4. The SMILES string of the molecule is C=CCN(c1ccc(C=O)s1)C1CC1. The van der Waals surface area contributed by atoms with Crippen molar-refractivity contribution in [3.63, 3.8) is 0 Å². The fourth-order valence-electron chi connectivity index (χ4n) is 1.50. The van der Waals surface area contributed by atoms with Gasteiger partial charge in [0.15, 0.2) is 6.29 Å². The number of carbonyl (C=O) groups excluding carboxylic acids is 1. The van der Waals surface area contributed by atoms with E-state index in [4.69, 9.17) is 0 Å². The number of anilines is 1. The molecule has 0 aromatic carbocycles.